The fourth-order valence-corrected chi connectivity index (χ4v) is 2.50. The van der Waals surface area contributed by atoms with Crippen LogP contribution in [0.15, 0.2) is 30.3 Å². The lowest BCUT2D eigenvalue weighted by Gasteiger charge is -2.33. The first-order chi connectivity index (χ1) is 8.78. The summed E-state index contributed by atoms with van der Waals surface area (Å²) in [7, 11) is 0. The largest absolute Gasteiger partial charge is 0.301 e. The second kappa shape index (κ2) is 6.58. The van der Waals surface area contributed by atoms with E-state index in [0.29, 0.717) is 6.04 Å². The maximum atomic E-state index is 5.40. The lowest BCUT2D eigenvalue weighted by atomic mass is 10.0. The molecule has 1 aliphatic heterocycles. The van der Waals surface area contributed by atoms with Crippen LogP contribution in [-0.2, 0) is 6.54 Å². The Hall–Kier alpha value is -1.30. The smallest absolute Gasteiger partial charge is 0.0660 e. The van der Waals surface area contributed by atoms with E-state index in [1.54, 1.807) is 0 Å². The van der Waals surface area contributed by atoms with Crippen LogP contribution in [0.5, 0.6) is 0 Å². The average Bonchev–Trinajstić information content (AvgIpc) is 2.42. The molecule has 0 spiro atoms. The van der Waals surface area contributed by atoms with Crippen molar-refractivity contribution in [3.8, 4) is 12.3 Å². The number of nitrogens with zero attached hydrogens (tertiary/aromatic N) is 1. The highest BCUT2D eigenvalue weighted by Crippen LogP contribution is 2.14. The van der Waals surface area contributed by atoms with Crippen LogP contribution in [0.1, 0.15) is 25.3 Å². The molecule has 1 atom stereocenters. The monoisotopic (exact) mass is 242 g/mol. The molecule has 1 fully saturated rings. The molecule has 0 aromatic heterocycles. The van der Waals surface area contributed by atoms with Gasteiger partial charge in [-0.3, -0.25) is 4.90 Å². The zero-order valence-corrected chi connectivity index (χ0v) is 11.1. The molecule has 1 heterocycles. The summed E-state index contributed by atoms with van der Waals surface area (Å²) in [5.41, 5.74) is 1.40. The molecule has 18 heavy (non-hydrogen) atoms. The molecule has 1 aliphatic rings. The summed E-state index contributed by atoms with van der Waals surface area (Å²) >= 11 is 0. The molecule has 2 heteroatoms. The van der Waals surface area contributed by atoms with Crippen LogP contribution < -0.4 is 5.32 Å². The van der Waals surface area contributed by atoms with E-state index in [0.717, 1.165) is 19.6 Å². The van der Waals surface area contributed by atoms with Crippen molar-refractivity contribution < 1.29 is 0 Å². The Kier molecular flexibility index (Phi) is 4.81. The first-order valence-corrected chi connectivity index (χ1v) is 6.76. The van der Waals surface area contributed by atoms with Crippen molar-refractivity contribution in [1.82, 2.24) is 10.2 Å². The summed E-state index contributed by atoms with van der Waals surface area (Å²) in [6.45, 7) is 5.43. The van der Waals surface area contributed by atoms with Crippen LogP contribution in [0.25, 0.3) is 0 Å². The fourth-order valence-electron chi connectivity index (χ4n) is 2.50. The summed E-state index contributed by atoms with van der Waals surface area (Å²) in [5.74, 6) is 2.74. The maximum absolute atomic E-state index is 5.40. The highest BCUT2D eigenvalue weighted by atomic mass is 15.1. The Morgan fingerprint density at radius 2 is 2.00 bits per heavy atom. The predicted octanol–water partition coefficient (Wildman–Crippen LogP) is 2.26. The van der Waals surface area contributed by atoms with Crippen molar-refractivity contribution in [1.29, 1.82) is 0 Å². The molecule has 2 nitrogen and oxygen atoms in total. The molecule has 96 valence electrons. The van der Waals surface area contributed by atoms with Gasteiger partial charge < -0.3 is 5.32 Å². The lowest BCUT2D eigenvalue weighted by molar-refractivity contribution is 0.189. The Labute approximate surface area is 110 Å². The van der Waals surface area contributed by atoms with E-state index in [2.05, 4.69) is 53.4 Å². The average molecular weight is 242 g/mol. The number of hydrogen-bond donors (Lipinski definition) is 1. The summed E-state index contributed by atoms with van der Waals surface area (Å²) in [6, 6.07) is 11.5. The summed E-state index contributed by atoms with van der Waals surface area (Å²) in [6.07, 6.45) is 7.78. The number of likely N-dealkylation sites (tertiary alicyclic amines) is 1. The molecule has 0 saturated carbocycles. The number of benzene rings is 1. The maximum Gasteiger partial charge on any atom is 0.0660 e. The molecule has 0 aliphatic carbocycles. The van der Waals surface area contributed by atoms with Gasteiger partial charge in [0.1, 0.15) is 0 Å². The third kappa shape index (κ3) is 3.87. The van der Waals surface area contributed by atoms with Crippen LogP contribution in [-0.4, -0.2) is 30.1 Å². The Bertz CT molecular complexity index is 385. The van der Waals surface area contributed by atoms with Gasteiger partial charge in [-0.15, -0.1) is 6.42 Å². The quantitative estimate of drug-likeness (QED) is 0.815. The van der Waals surface area contributed by atoms with Gasteiger partial charge in [-0.25, -0.2) is 0 Å². The van der Waals surface area contributed by atoms with Crippen LogP contribution in [0.3, 0.4) is 0 Å². The molecule has 2 rings (SSSR count). The minimum atomic E-state index is 0.190. The van der Waals surface area contributed by atoms with E-state index in [1.165, 1.54) is 18.4 Å². The van der Waals surface area contributed by atoms with E-state index in [9.17, 15) is 0 Å². The molecular formula is C16H22N2. The molecule has 1 N–H and O–H groups in total. The third-order valence-electron chi connectivity index (χ3n) is 3.57. The zero-order chi connectivity index (χ0) is 12.8. The van der Waals surface area contributed by atoms with Crippen molar-refractivity contribution >= 4 is 0 Å². The number of nitrogens with one attached hydrogen (secondary N) is 1. The van der Waals surface area contributed by atoms with E-state index in [-0.39, 0.29) is 6.04 Å². The van der Waals surface area contributed by atoms with Gasteiger partial charge in [-0.2, -0.15) is 0 Å². The summed E-state index contributed by atoms with van der Waals surface area (Å²) < 4.78 is 0. The molecule has 0 amide bonds. The van der Waals surface area contributed by atoms with Crippen LogP contribution in [0.4, 0.5) is 0 Å². The molecule has 1 saturated heterocycles. The topological polar surface area (TPSA) is 15.3 Å². The SMILES string of the molecule is C#CC(C)NC1CCN(Cc2ccccc2)CC1. The summed E-state index contributed by atoms with van der Waals surface area (Å²) in [5, 5.41) is 3.49. The lowest BCUT2D eigenvalue weighted by Crippen LogP contribution is -2.44. The number of piperidine rings is 1. The zero-order valence-electron chi connectivity index (χ0n) is 11.1. The summed E-state index contributed by atoms with van der Waals surface area (Å²) in [4.78, 5) is 2.52. The van der Waals surface area contributed by atoms with Crippen LogP contribution in [0.2, 0.25) is 0 Å². The molecule has 1 unspecified atom stereocenters. The number of terminal acetylenes is 1. The highest BCUT2D eigenvalue weighted by Gasteiger charge is 2.19. The van der Waals surface area contributed by atoms with Gasteiger partial charge in [-0.1, -0.05) is 36.3 Å². The normalized spacial score (nSPS) is 19.3. The molecule has 1 aromatic carbocycles. The van der Waals surface area contributed by atoms with Gasteiger partial charge in [0.05, 0.1) is 6.04 Å². The van der Waals surface area contributed by atoms with E-state index in [4.69, 9.17) is 6.42 Å². The van der Waals surface area contributed by atoms with E-state index < -0.39 is 0 Å². The van der Waals surface area contributed by atoms with Crippen molar-refractivity contribution in [2.75, 3.05) is 13.1 Å². The van der Waals surface area contributed by atoms with Gasteiger partial charge in [0.15, 0.2) is 0 Å². The van der Waals surface area contributed by atoms with Crippen LogP contribution in [0, 0.1) is 12.3 Å². The standard InChI is InChI=1S/C16H22N2/c1-3-14(2)17-16-9-11-18(12-10-16)13-15-7-5-4-6-8-15/h1,4-8,14,16-17H,9-13H2,2H3. The second-order valence-corrected chi connectivity index (χ2v) is 5.09. The molecule has 0 bridgehead atoms. The van der Waals surface area contributed by atoms with Gasteiger partial charge in [0, 0.05) is 12.6 Å². The molecule has 0 radical (unpaired) electrons. The Balaban J connectivity index is 1.75. The van der Waals surface area contributed by atoms with Crippen molar-refractivity contribution in [3.05, 3.63) is 35.9 Å². The highest BCUT2D eigenvalue weighted by molar-refractivity contribution is 5.14. The van der Waals surface area contributed by atoms with Crippen molar-refractivity contribution in [2.45, 2.75) is 38.4 Å². The first-order valence-electron chi connectivity index (χ1n) is 6.76. The van der Waals surface area contributed by atoms with Gasteiger partial charge in [0.2, 0.25) is 0 Å². The van der Waals surface area contributed by atoms with Gasteiger partial charge >= 0.3 is 0 Å². The Morgan fingerprint density at radius 1 is 1.33 bits per heavy atom. The fraction of sp³-hybridized carbons (Fsp3) is 0.500. The molecule has 1 aromatic rings. The number of rotatable bonds is 4. The van der Waals surface area contributed by atoms with Crippen molar-refractivity contribution in [2.24, 2.45) is 0 Å². The van der Waals surface area contributed by atoms with Crippen molar-refractivity contribution in [3.63, 3.8) is 0 Å². The Morgan fingerprint density at radius 3 is 2.61 bits per heavy atom. The predicted molar refractivity (Wildman–Crippen MR) is 76.2 cm³/mol. The van der Waals surface area contributed by atoms with E-state index in [1.807, 2.05) is 0 Å². The molecular weight excluding hydrogens is 220 g/mol. The number of hydrogen-bond acceptors (Lipinski definition) is 2. The first kappa shape index (κ1) is 13.1. The minimum Gasteiger partial charge on any atom is -0.301 e. The third-order valence-corrected chi connectivity index (χ3v) is 3.57. The minimum absolute atomic E-state index is 0.190. The van der Waals surface area contributed by atoms with Crippen LogP contribution >= 0.6 is 0 Å². The van der Waals surface area contributed by atoms with E-state index >= 15 is 0 Å². The van der Waals surface area contributed by atoms with Gasteiger partial charge in [0.25, 0.3) is 0 Å². The van der Waals surface area contributed by atoms with Gasteiger partial charge in [-0.05, 0) is 38.4 Å². The second-order valence-electron chi connectivity index (χ2n) is 5.09.